The zero-order valence-corrected chi connectivity index (χ0v) is 20.1. The van der Waals surface area contributed by atoms with Gasteiger partial charge in [-0.2, -0.15) is 0 Å². The van der Waals surface area contributed by atoms with Crippen molar-refractivity contribution >= 4 is 23.0 Å². The van der Waals surface area contributed by atoms with E-state index >= 15 is 4.39 Å². The Morgan fingerprint density at radius 1 is 1.03 bits per heavy atom. The van der Waals surface area contributed by atoms with Gasteiger partial charge in [0.15, 0.2) is 0 Å². The molecule has 2 aromatic carbocycles. The van der Waals surface area contributed by atoms with Gasteiger partial charge in [0.25, 0.3) is 17.8 Å². The highest BCUT2D eigenvalue weighted by atomic mass is 19.3. The van der Waals surface area contributed by atoms with Crippen LogP contribution in [-0.4, -0.2) is 47.9 Å². The minimum atomic E-state index is -2.82. The number of hydrogen-bond acceptors (Lipinski definition) is 5. The number of halogens is 4. The Hall–Kier alpha value is -4.41. The van der Waals surface area contributed by atoms with E-state index in [4.69, 9.17) is 9.15 Å². The Morgan fingerprint density at radius 3 is 2.39 bits per heavy atom. The highest BCUT2D eigenvalue weighted by Crippen LogP contribution is 2.38. The molecule has 0 radical (unpaired) electrons. The Bertz CT molecular complexity index is 1530. The van der Waals surface area contributed by atoms with Gasteiger partial charge in [0, 0.05) is 61.8 Å². The predicted molar refractivity (Wildman–Crippen MR) is 130 cm³/mol. The fraction of sp³-hybridized carbons (Fsp3) is 0.222. The van der Waals surface area contributed by atoms with Crippen LogP contribution in [-0.2, 0) is 0 Å². The molecule has 196 valence electrons. The molecule has 1 saturated heterocycles. The molecule has 7 nitrogen and oxygen atoms in total. The second-order valence-electron chi connectivity index (χ2n) is 8.86. The highest BCUT2D eigenvalue weighted by Gasteiger charge is 2.36. The number of likely N-dealkylation sites (tertiary alicyclic amines) is 1. The number of aromatic nitrogens is 1. The lowest BCUT2D eigenvalue weighted by molar-refractivity contribution is -0.0494. The van der Waals surface area contributed by atoms with Crippen molar-refractivity contribution in [1.29, 1.82) is 0 Å². The molecule has 3 heterocycles. The van der Waals surface area contributed by atoms with Gasteiger partial charge in [-0.05, 0) is 35.9 Å². The van der Waals surface area contributed by atoms with E-state index in [1.807, 2.05) is 0 Å². The number of rotatable bonds is 4. The van der Waals surface area contributed by atoms with Crippen LogP contribution in [0, 0.1) is 11.6 Å². The van der Waals surface area contributed by atoms with Crippen molar-refractivity contribution in [2.45, 2.75) is 18.8 Å². The van der Waals surface area contributed by atoms with Crippen LogP contribution in [0.4, 0.5) is 22.4 Å². The van der Waals surface area contributed by atoms with Crippen LogP contribution in [0.2, 0.25) is 0 Å². The SMILES string of the molecule is CNC(=O)Oc1cc2cc(-c3ncc(C(=O)N4CCC(F)(F)CC4)cc3F)cc(-c3ccc(F)cc3)c2o1. The molecule has 11 heteroatoms. The van der Waals surface area contributed by atoms with E-state index in [1.165, 1.54) is 48.5 Å². The van der Waals surface area contributed by atoms with E-state index < -0.39 is 42.4 Å². The van der Waals surface area contributed by atoms with E-state index in [2.05, 4.69) is 10.3 Å². The number of carbonyl (C=O) groups excluding carboxylic acids is 2. The molecular weight excluding hydrogens is 506 g/mol. The summed E-state index contributed by atoms with van der Waals surface area (Å²) in [5, 5.41) is 2.76. The number of piperidine rings is 1. The predicted octanol–water partition coefficient (Wildman–Crippen LogP) is 6.03. The van der Waals surface area contributed by atoms with Gasteiger partial charge < -0.3 is 19.4 Å². The second-order valence-corrected chi connectivity index (χ2v) is 8.86. The Morgan fingerprint density at radius 2 is 1.74 bits per heavy atom. The van der Waals surface area contributed by atoms with Gasteiger partial charge in [0.2, 0.25) is 0 Å². The number of hydrogen-bond donors (Lipinski definition) is 1. The normalized spacial score (nSPS) is 14.9. The molecule has 5 rings (SSSR count). The molecule has 1 N–H and O–H groups in total. The average Bonchev–Trinajstić information content (AvgIpc) is 3.30. The molecule has 2 aromatic heterocycles. The van der Waals surface area contributed by atoms with Gasteiger partial charge in [-0.25, -0.2) is 22.4 Å². The van der Waals surface area contributed by atoms with E-state index in [9.17, 15) is 22.8 Å². The first-order chi connectivity index (χ1) is 18.1. The number of nitrogens with zero attached hydrogens (tertiary/aromatic N) is 2. The van der Waals surface area contributed by atoms with Gasteiger partial charge in [-0.3, -0.25) is 9.78 Å². The standard InChI is InChI=1S/C27H21F4N3O4/c1-32-26(36)38-22-13-17-10-16(11-20(24(17)37-22)15-2-4-19(28)5-3-15)23-21(29)12-18(14-33-23)25(35)34-8-6-27(30,31)7-9-34/h2-5,10-14H,6-9H2,1H3,(H,32,36). The zero-order chi connectivity index (χ0) is 27.0. The van der Waals surface area contributed by atoms with Crippen molar-refractivity contribution in [2.24, 2.45) is 0 Å². The molecule has 0 unspecified atom stereocenters. The summed E-state index contributed by atoms with van der Waals surface area (Å²) in [6.07, 6.45) is -0.451. The maximum Gasteiger partial charge on any atom is 0.414 e. The summed E-state index contributed by atoms with van der Waals surface area (Å²) in [6.45, 7) is -0.262. The van der Waals surface area contributed by atoms with Gasteiger partial charge in [0.1, 0.15) is 22.9 Å². The molecule has 0 atom stereocenters. The number of carbonyl (C=O) groups is 2. The fourth-order valence-electron chi connectivity index (χ4n) is 4.29. The summed E-state index contributed by atoms with van der Waals surface area (Å²) in [6, 6.07) is 11.2. The molecule has 1 fully saturated rings. The summed E-state index contributed by atoms with van der Waals surface area (Å²) in [7, 11) is 1.39. The number of benzene rings is 2. The topological polar surface area (TPSA) is 84.7 Å². The van der Waals surface area contributed by atoms with Crippen LogP contribution in [0.3, 0.4) is 0 Å². The quantitative estimate of drug-likeness (QED) is 0.328. The number of furan rings is 1. The molecular formula is C27H21F4N3O4. The van der Waals surface area contributed by atoms with E-state index in [-0.39, 0.29) is 30.3 Å². The van der Waals surface area contributed by atoms with Gasteiger partial charge in [-0.15, -0.1) is 0 Å². The van der Waals surface area contributed by atoms with Gasteiger partial charge in [0.05, 0.1) is 5.56 Å². The number of pyridine rings is 1. The lowest BCUT2D eigenvalue weighted by atomic mass is 9.98. The summed E-state index contributed by atoms with van der Waals surface area (Å²) in [5.74, 6) is -4.75. The van der Waals surface area contributed by atoms with Crippen molar-refractivity contribution in [3.05, 3.63) is 71.9 Å². The Balaban J connectivity index is 1.53. The molecule has 2 amide bonds. The van der Waals surface area contributed by atoms with Crippen LogP contribution < -0.4 is 10.1 Å². The summed E-state index contributed by atoms with van der Waals surface area (Å²) >= 11 is 0. The molecule has 0 saturated carbocycles. The van der Waals surface area contributed by atoms with Crippen molar-refractivity contribution in [3.63, 3.8) is 0 Å². The van der Waals surface area contributed by atoms with Crippen molar-refractivity contribution in [1.82, 2.24) is 15.2 Å². The maximum absolute atomic E-state index is 15.3. The second kappa shape index (κ2) is 9.81. The fourth-order valence-corrected chi connectivity index (χ4v) is 4.29. The number of fused-ring (bicyclic) bond motifs is 1. The molecule has 0 aliphatic carbocycles. The van der Waals surface area contributed by atoms with E-state index in [1.54, 1.807) is 12.1 Å². The first-order valence-corrected chi connectivity index (χ1v) is 11.7. The third-order valence-electron chi connectivity index (χ3n) is 6.29. The van der Waals surface area contributed by atoms with Crippen LogP contribution in [0.5, 0.6) is 5.95 Å². The first-order valence-electron chi connectivity index (χ1n) is 11.7. The highest BCUT2D eigenvalue weighted by molar-refractivity contribution is 5.98. The minimum absolute atomic E-state index is 0.0547. The van der Waals surface area contributed by atoms with Crippen LogP contribution in [0.1, 0.15) is 23.2 Å². The summed E-state index contributed by atoms with van der Waals surface area (Å²) in [5.41, 5.74) is 1.51. The third-order valence-corrected chi connectivity index (χ3v) is 6.29. The molecule has 1 aliphatic heterocycles. The maximum atomic E-state index is 15.3. The van der Waals surface area contributed by atoms with Gasteiger partial charge in [-0.1, -0.05) is 12.1 Å². The average molecular weight is 527 g/mol. The Kier molecular flexibility index (Phi) is 6.52. The number of nitrogens with one attached hydrogen (secondary N) is 1. The van der Waals surface area contributed by atoms with E-state index in [0.717, 1.165) is 6.07 Å². The molecule has 38 heavy (non-hydrogen) atoms. The number of ether oxygens (including phenoxy) is 1. The first kappa shape index (κ1) is 25.2. The van der Waals surface area contributed by atoms with Crippen LogP contribution in [0.25, 0.3) is 33.4 Å². The number of alkyl halides is 2. The number of amides is 2. The largest absolute Gasteiger partial charge is 0.425 e. The molecule has 4 aromatic rings. The van der Waals surface area contributed by atoms with Crippen molar-refractivity contribution in [2.75, 3.05) is 20.1 Å². The molecule has 1 aliphatic rings. The minimum Gasteiger partial charge on any atom is -0.425 e. The summed E-state index contributed by atoms with van der Waals surface area (Å²) < 4.78 is 66.6. The molecule has 0 bridgehead atoms. The smallest absolute Gasteiger partial charge is 0.414 e. The van der Waals surface area contributed by atoms with Crippen molar-refractivity contribution in [3.8, 4) is 28.3 Å². The van der Waals surface area contributed by atoms with E-state index in [0.29, 0.717) is 27.7 Å². The zero-order valence-electron chi connectivity index (χ0n) is 20.1. The lowest BCUT2D eigenvalue weighted by Gasteiger charge is -2.31. The van der Waals surface area contributed by atoms with Crippen LogP contribution >= 0.6 is 0 Å². The molecule has 0 spiro atoms. The lowest BCUT2D eigenvalue weighted by Crippen LogP contribution is -2.42. The Labute approximate surface area is 214 Å². The summed E-state index contributed by atoms with van der Waals surface area (Å²) in [4.78, 5) is 29.8. The van der Waals surface area contributed by atoms with Gasteiger partial charge >= 0.3 is 6.09 Å². The monoisotopic (exact) mass is 527 g/mol. The van der Waals surface area contributed by atoms with Crippen molar-refractivity contribution < 1.29 is 36.3 Å². The van der Waals surface area contributed by atoms with Crippen LogP contribution in [0.15, 0.2) is 59.1 Å². The third kappa shape index (κ3) is 5.04.